The second kappa shape index (κ2) is 9.02. The van der Waals surface area contributed by atoms with Gasteiger partial charge in [0.1, 0.15) is 12.2 Å². The fourth-order valence-electron chi connectivity index (χ4n) is 2.98. The van der Waals surface area contributed by atoms with Gasteiger partial charge in [-0.1, -0.05) is 0 Å². The third-order valence-corrected chi connectivity index (χ3v) is 5.68. The normalized spacial score (nSPS) is 16.1. The van der Waals surface area contributed by atoms with E-state index in [0.29, 0.717) is 16.4 Å². The number of nitrogens with zero attached hydrogens (tertiary/aromatic N) is 3. The standard InChI is InChI=1S/C19H23FN4O7S/c1-5-23-9-13(8-21-23)14-6-7-15(30-12(4)31-19(26)29-11(2)3)18(17(14)20)24-10-16(25)22-32(24,27)28/h6-9,11-12H,5,10H2,1-4H3,(H,22,25). The number of benzene rings is 1. The molecule has 1 unspecified atom stereocenters. The zero-order valence-corrected chi connectivity index (χ0v) is 18.7. The zero-order valence-electron chi connectivity index (χ0n) is 17.9. The molecule has 0 spiro atoms. The quantitative estimate of drug-likeness (QED) is 0.482. The summed E-state index contributed by atoms with van der Waals surface area (Å²) >= 11 is 0. The molecule has 0 aliphatic carbocycles. The summed E-state index contributed by atoms with van der Waals surface area (Å²) in [6.07, 6.45) is 0.337. The number of rotatable bonds is 7. The fraction of sp³-hybridized carbons (Fsp3) is 0.421. The number of carbonyl (C=O) groups excluding carboxylic acids is 2. The van der Waals surface area contributed by atoms with Gasteiger partial charge in [-0.05, 0) is 32.9 Å². The minimum Gasteiger partial charge on any atom is -0.453 e. The molecular formula is C19H23FN4O7S. The lowest BCUT2D eigenvalue weighted by Crippen LogP contribution is -2.31. The first-order chi connectivity index (χ1) is 15.0. The van der Waals surface area contributed by atoms with Crippen molar-refractivity contribution in [1.82, 2.24) is 14.5 Å². The summed E-state index contributed by atoms with van der Waals surface area (Å²) in [5, 5.41) is 4.10. The molecule has 1 aliphatic rings. The summed E-state index contributed by atoms with van der Waals surface area (Å²) in [6, 6.07) is 2.70. The van der Waals surface area contributed by atoms with Crippen molar-refractivity contribution >= 4 is 28.0 Å². The molecule has 174 valence electrons. The van der Waals surface area contributed by atoms with Gasteiger partial charge in [-0.2, -0.15) is 13.5 Å². The first-order valence-electron chi connectivity index (χ1n) is 9.74. The van der Waals surface area contributed by atoms with Crippen molar-refractivity contribution < 1.29 is 36.6 Å². The van der Waals surface area contributed by atoms with Gasteiger partial charge in [0, 0.05) is 30.8 Å². The van der Waals surface area contributed by atoms with E-state index in [0.717, 1.165) is 0 Å². The van der Waals surface area contributed by atoms with Gasteiger partial charge in [0.2, 0.25) is 6.29 Å². The van der Waals surface area contributed by atoms with E-state index in [1.54, 1.807) is 29.4 Å². The summed E-state index contributed by atoms with van der Waals surface area (Å²) in [4.78, 5) is 23.4. The van der Waals surface area contributed by atoms with Crippen LogP contribution in [0.1, 0.15) is 27.7 Å². The predicted molar refractivity (Wildman–Crippen MR) is 110 cm³/mol. The number of aromatic nitrogens is 2. The van der Waals surface area contributed by atoms with Crippen LogP contribution < -0.4 is 13.8 Å². The van der Waals surface area contributed by atoms with E-state index in [4.69, 9.17) is 14.2 Å². The van der Waals surface area contributed by atoms with Crippen LogP contribution in [0, 0.1) is 5.82 Å². The van der Waals surface area contributed by atoms with Gasteiger partial charge in [0.05, 0.1) is 12.3 Å². The molecule has 1 aromatic carbocycles. The molecule has 1 fully saturated rings. The van der Waals surface area contributed by atoms with Crippen molar-refractivity contribution in [3.63, 3.8) is 0 Å². The highest BCUT2D eigenvalue weighted by atomic mass is 32.2. The van der Waals surface area contributed by atoms with E-state index in [1.165, 1.54) is 25.3 Å². The summed E-state index contributed by atoms with van der Waals surface area (Å²) in [7, 11) is -4.35. The molecule has 1 aliphatic heterocycles. The van der Waals surface area contributed by atoms with Gasteiger partial charge in [0.15, 0.2) is 11.6 Å². The van der Waals surface area contributed by atoms with Crippen LogP contribution in [0.2, 0.25) is 0 Å². The Hall–Kier alpha value is -3.35. The van der Waals surface area contributed by atoms with Gasteiger partial charge < -0.3 is 14.2 Å². The van der Waals surface area contributed by atoms with Gasteiger partial charge in [-0.15, -0.1) is 0 Å². The van der Waals surface area contributed by atoms with Crippen LogP contribution in [0.15, 0.2) is 24.5 Å². The Kier molecular flexibility index (Phi) is 6.57. The molecular weight excluding hydrogens is 447 g/mol. The van der Waals surface area contributed by atoms with Crippen LogP contribution in [-0.2, 0) is 31.0 Å². The largest absolute Gasteiger partial charge is 0.511 e. The fourth-order valence-corrected chi connectivity index (χ4v) is 4.14. The Bertz CT molecular complexity index is 1130. The molecule has 0 radical (unpaired) electrons. The maximum Gasteiger partial charge on any atom is 0.511 e. The minimum atomic E-state index is -4.35. The third kappa shape index (κ3) is 4.93. The van der Waals surface area contributed by atoms with Crippen molar-refractivity contribution in [1.29, 1.82) is 0 Å². The van der Waals surface area contributed by atoms with Crippen LogP contribution in [0.5, 0.6) is 5.75 Å². The Morgan fingerprint density at radius 2 is 2.00 bits per heavy atom. The number of anilines is 1. The van der Waals surface area contributed by atoms with Crippen molar-refractivity contribution in [3.8, 4) is 16.9 Å². The molecule has 0 bridgehead atoms. The topological polar surface area (TPSA) is 129 Å². The third-order valence-electron chi connectivity index (χ3n) is 4.30. The summed E-state index contributed by atoms with van der Waals surface area (Å²) in [5.74, 6) is -2.03. The SMILES string of the molecule is CCn1cc(-c2ccc(OC(C)OC(=O)OC(C)C)c(N3CC(=O)NS3(=O)=O)c2F)cn1. The number of nitrogens with one attached hydrogen (secondary N) is 1. The molecule has 1 amide bonds. The van der Waals surface area contributed by atoms with Gasteiger partial charge in [0.25, 0.3) is 5.91 Å². The second-order valence-corrected chi connectivity index (χ2v) is 8.71. The highest BCUT2D eigenvalue weighted by Gasteiger charge is 2.38. The van der Waals surface area contributed by atoms with E-state index in [-0.39, 0.29) is 11.3 Å². The lowest BCUT2D eigenvalue weighted by atomic mass is 10.1. The number of hydrogen-bond donors (Lipinski definition) is 1. The van der Waals surface area contributed by atoms with Crippen molar-refractivity contribution in [2.75, 3.05) is 10.8 Å². The highest BCUT2D eigenvalue weighted by Crippen LogP contribution is 2.40. The molecule has 2 aromatic rings. The molecule has 0 saturated carbocycles. The van der Waals surface area contributed by atoms with Crippen LogP contribution >= 0.6 is 0 Å². The number of ether oxygens (including phenoxy) is 3. The predicted octanol–water partition coefficient (Wildman–Crippen LogP) is 2.18. The second-order valence-electron chi connectivity index (χ2n) is 7.12. The van der Waals surface area contributed by atoms with Crippen molar-refractivity contribution in [2.24, 2.45) is 0 Å². The zero-order chi connectivity index (χ0) is 23.6. The smallest absolute Gasteiger partial charge is 0.453 e. The first-order valence-corrected chi connectivity index (χ1v) is 11.2. The number of hydrogen-bond acceptors (Lipinski definition) is 8. The van der Waals surface area contributed by atoms with Crippen LogP contribution in [0.25, 0.3) is 11.1 Å². The van der Waals surface area contributed by atoms with Crippen LogP contribution in [0.4, 0.5) is 14.9 Å². The van der Waals surface area contributed by atoms with Crippen LogP contribution in [-0.4, -0.2) is 49.2 Å². The van der Waals surface area contributed by atoms with Crippen LogP contribution in [0.3, 0.4) is 0 Å². The molecule has 1 N–H and O–H groups in total. The number of carbonyl (C=O) groups is 2. The van der Waals surface area contributed by atoms with Gasteiger partial charge >= 0.3 is 16.4 Å². The van der Waals surface area contributed by atoms with Gasteiger partial charge in [-0.25, -0.2) is 18.2 Å². The highest BCUT2D eigenvalue weighted by molar-refractivity contribution is 7.92. The molecule has 32 heavy (non-hydrogen) atoms. The average molecular weight is 470 g/mol. The molecule has 1 saturated heterocycles. The maximum absolute atomic E-state index is 15.6. The molecule has 11 nitrogen and oxygen atoms in total. The summed E-state index contributed by atoms with van der Waals surface area (Å²) < 4.78 is 59.7. The molecule has 13 heteroatoms. The number of amides is 1. The van der Waals surface area contributed by atoms with E-state index in [1.807, 2.05) is 6.92 Å². The van der Waals surface area contributed by atoms with E-state index in [2.05, 4.69) is 5.10 Å². The van der Waals surface area contributed by atoms with E-state index in [9.17, 15) is 18.0 Å². The average Bonchev–Trinajstić information content (AvgIpc) is 3.24. The lowest BCUT2D eigenvalue weighted by Gasteiger charge is -2.23. The number of halogens is 1. The monoisotopic (exact) mass is 470 g/mol. The van der Waals surface area contributed by atoms with E-state index < -0.39 is 52.7 Å². The summed E-state index contributed by atoms with van der Waals surface area (Å²) in [5.41, 5.74) is -0.0509. The Morgan fingerprint density at radius 3 is 2.56 bits per heavy atom. The molecule has 3 rings (SSSR count). The Labute approximate surface area is 184 Å². The molecule has 2 heterocycles. The Morgan fingerprint density at radius 1 is 1.28 bits per heavy atom. The van der Waals surface area contributed by atoms with E-state index >= 15 is 4.39 Å². The molecule has 1 atom stereocenters. The van der Waals surface area contributed by atoms with Crippen molar-refractivity contribution in [2.45, 2.75) is 46.6 Å². The maximum atomic E-state index is 15.6. The number of aryl methyl sites for hydroxylation is 1. The first kappa shape index (κ1) is 23.3. The minimum absolute atomic E-state index is 0.0504. The molecule has 1 aromatic heterocycles. The summed E-state index contributed by atoms with van der Waals surface area (Å²) in [6.45, 7) is 6.37. The van der Waals surface area contributed by atoms with Crippen molar-refractivity contribution in [3.05, 3.63) is 30.3 Å². The van der Waals surface area contributed by atoms with Gasteiger partial charge in [-0.3, -0.25) is 9.48 Å². The Balaban J connectivity index is 2.02. The lowest BCUT2D eigenvalue weighted by molar-refractivity contribution is -0.117.